The fourth-order valence-corrected chi connectivity index (χ4v) is 1.29. The van der Waals surface area contributed by atoms with Crippen molar-refractivity contribution in [1.29, 1.82) is 0 Å². The van der Waals surface area contributed by atoms with Gasteiger partial charge in [0.25, 0.3) is 0 Å². The molecule has 0 saturated carbocycles. The molecule has 0 aromatic heterocycles. The number of carboxylic acid groups (broad SMARTS) is 1. The summed E-state index contributed by atoms with van der Waals surface area (Å²) in [7, 11) is -4.74. The molecule has 1 rings (SSSR count). The van der Waals surface area contributed by atoms with Gasteiger partial charge < -0.3 is 15.4 Å². The van der Waals surface area contributed by atoms with Crippen LogP contribution in [0, 0.1) is 0 Å². The molecule has 0 aliphatic heterocycles. The maximum atomic E-state index is 10.5. The number of anilines is 1. The van der Waals surface area contributed by atoms with Crippen molar-refractivity contribution in [2.75, 3.05) is 5.73 Å². The van der Waals surface area contributed by atoms with Gasteiger partial charge in [-0.2, -0.15) is 0 Å². The second kappa shape index (κ2) is 3.90. The minimum atomic E-state index is -4.74. The molecule has 0 amide bonds. The number of phosphoric acid groups is 1. The predicted octanol–water partition coefficient (Wildman–Crippen LogP) is 0.438. The molecule has 1 aromatic rings. The Labute approximate surface area is 84.3 Å². The van der Waals surface area contributed by atoms with Gasteiger partial charge >= 0.3 is 13.8 Å². The second-order valence-corrected chi connectivity index (χ2v) is 3.80. The zero-order valence-electron chi connectivity index (χ0n) is 7.32. The number of phosphoric ester groups is 1. The summed E-state index contributed by atoms with van der Waals surface area (Å²) in [6, 6.07) is 3.33. The average Bonchev–Trinajstić information content (AvgIpc) is 2.06. The standard InChI is InChI=1S/C7H8NO6P/c8-5-2-1-4(7(9)10)3-6(5)14-15(11,12)13/h1-3H,8H2,(H,9,10)(H2,11,12,13). The third-order valence-corrected chi connectivity index (χ3v) is 1.91. The summed E-state index contributed by atoms with van der Waals surface area (Å²) in [6.45, 7) is 0. The van der Waals surface area contributed by atoms with Crippen LogP contribution in [0.25, 0.3) is 0 Å². The molecule has 0 fully saturated rings. The number of hydrogen-bond donors (Lipinski definition) is 4. The van der Waals surface area contributed by atoms with Gasteiger partial charge in [-0.1, -0.05) is 0 Å². The van der Waals surface area contributed by atoms with Gasteiger partial charge in [0.15, 0.2) is 5.75 Å². The number of carbonyl (C=O) groups is 1. The third-order valence-electron chi connectivity index (χ3n) is 1.48. The molecule has 0 aliphatic carbocycles. The summed E-state index contributed by atoms with van der Waals surface area (Å²) in [6.07, 6.45) is 0. The number of benzene rings is 1. The number of rotatable bonds is 3. The predicted molar refractivity (Wildman–Crippen MR) is 50.5 cm³/mol. The van der Waals surface area contributed by atoms with Crippen LogP contribution in [-0.2, 0) is 4.57 Å². The van der Waals surface area contributed by atoms with Gasteiger partial charge in [-0.15, -0.1) is 0 Å². The van der Waals surface area contributed by atoms with Crippen molar-refractivity contribution in [3.63, 3.8) is 0 Å². The van der Waals surface area contributed by atoms with E-state index in [2.05, 4.69) is 4.52 Å². The lowest BCUT2D eigenvalue weighted by molar-refractivity contribution is 0.0696. The first-order chi connectivity index (χ1) is 6.79. The van der Waals surface area contributed by atoms with Crippen LogP contribution < -0.4 is 10.3 Å². The maximum Gasteiger partial charge on any atom is 0.524 e. The first kappa shape index (κ1) is 11.5. The molecule has 0 bridgehead atoms. The van der Waals surface area contributed by atoms with Crippen LogP contribution in [0.15, 0.2) is 18.2 Å². The van der Waals surface area contributed by atoms with E-state index in [4.69, 9.17) is 20.6 Å². The molecule has 5 N–H and O–H groups in total. The fourth-order valence-electron chi connectivity index (χ4n) is 0.875. The summed E-state index contributed by atoms with van der Waals surface area (Å²) in [5.74, 6) is -1.60. The highest BCUT2D eigenvalue weighted by Gasteiger charge is 2.18. The molecule has 8 heteroatoms. The topological polar surface area (TPSA) is 130 Å². The average molecular weight is 233 g/mol. The highest BCUT2D eigenvalue weighted by Crippen LogP contribution is 2.40. The number of nitrogen functional groups attached to an aromatic ring is 1. The van der Waals surface area contributed by atoms with Gasteiger partial charge in [0.05, 0.1) is 11.3 Å². The molecule has 0 spiro atoms. The zero-order chi connectivity index (χ0) is 11.6. The van der Waals surface area contributed by atoms with Crippen molar-refractivity contribution < 1.29 is 28.8 Å². The quantitative estimate of drug-likeness (QED) is 0.440. The summed E-state index contributed by atoms with van der Waals surface area (Å²) in [5.41, 5.74) is 5.11. The Morgan fingerprint density at radius 2 is 2.00 bits per heavy atom. The van der Waals surface area contributed by atoms with E-state index in [1.165, 1.54) is 12.1 Å². The van der Waals surface area contributed by atoms with E-state index in [9.17, 15) is 9.36 Å². The molecular weight excluding hydrogens is 225 g/mol. The van der Waals surface area contributed by atoms with E-state index in [-0.39, 0.29) is 17.0 Å². The molecule has 7 nitrogen and oxygen atoms in total. The molecular formula is C7H8NO6P. The molecule has 0 aliphatic rings. The van der Waals surface area contributed by atoms with Crippen molar-refractivity contribution in [1.82, 2.24) is 0 Å². The molecule has 0 atom stereocenters. The van der Waals surface area contributed by atoms with Gasteiger partial charge in [0.1, 0.15) is 0 Å². The maximum absolute atomic E-state index is 10.5. The van der Waals surface area contributed by atoms with Gasteiger partial charge in [-0.25, -0.2) is 9.36 Å². The smallest absolute Gasteiger partial charge is 0.478 e. The van der Waals surface area contributed by atoms with Crippen molar-refractivity contribution in [3.05, 3.63) is 23.8 Å². The lowest BCUT2D eigenvalue weighted by Crippen LogP contribution is -2.00. The number of hydrogen-bond acceptors (Lipinski definition) is 4. The first-order valence-electron chi connectivity index (χ1n) is 3.67. The highest BCUT2D eigenvalue weighted by atomic mass is 31.2. The van der Waals surface area contributed by atoms with E-state index in [0.717, 1.165) is 6.07 Å². The summed E-state index contributed by atoms with van der Waals surface area (Å²) < 4.78 is 14.7. The van der Waals surface area contributed by atoms with Crippen LogP contribution in [0.5, 0.6) is 5.75 Å². The van der Waals surface area contributed by atoms with E-state index >= 15 is 0 Å². The monoisotopic (exact) mass is 233 g/mol. The van der Waals surface area contributed by atoms with E-state index in [1.54, 1.807) is 0 Å². The summed E-state index contributed by atoms with van der Waals surface area (Å²) in [5, 5.41) is 8.61. The molecule has 0 radical (unpaired) electrons. The molecule has 15 heavy (non-hydrogen) atoms. The van der Waals surface area contributed by atoms with Crippen LogP contribution in [0.3, 0.4) is 0 Å². The highest BCUT2D eigenvalue weighted by molar-refractivity contribution is 7.46. The van der Waals surface area contributed by atoms with Crippen molar-refractivity contribution in [2.24, 2.45) is 0 Å². The molecule has 1 aromatic carbocycles. The van der Waals surface area contributed by atoms with Crippen LogP contribution in [0.4, 0.5) is 5.69 Å². The van der Waals surface area contributed by atoms with Gasteiger partial charge in [0.2, 0.25) is 0 Å². The van der Waals surface area contributed by atoms with Crippen LogP contribution in [-0.4, -0.2) is 20.9 Å². The third kappa shape index (κ3) is 3.25. The van der Waals surface area contributed by atoms with Gasteiger partial charge in [-0.05, 0) is 18.2 Å². The Morgan fingerprint density at radius 1 is 1.40 bits per heavy atom. The number of aromatic carboxylic acids is 1. The van der Waals surface area contributed by atoms with Crippen molar-refractivity contribution in [3.8, 4) is 5.75 Å². The molecule has 0 saturated heterocycles. The minimum absolute atomic E-state index is 0.0525. The largest absolute Gasteiger partial charge is 0.524 e. The zero-order valence-corrected chi connectivity index (χ0v) is 8.22. The first-order valence-corrected chi connectivity index (χ1v) is 5.20. The minimum Gasteiger partial charge on any atom is -0.478 e. The van der Waals surface area contributed by atoms with Crippen LogP contribution in [0.1, 0.15) is 10.4 Å². The Bertz CT molecular complexity index is 439. The fraction of sp³-hybridized carbons (Fsp3) is 0. The van der Waals surface area contributed by atoms with Crippen LogP contribution >= 0.6 is 7.82 Å². The van der Waals surface area contributed by atoms with E-state index in [1.807, 2.05) is 0 Å². The normalized spacial score (nSPS) is 11.1. The molecule has 0 heterocycles. The Kier molecular flexibility index (Phi) is 2.99. The lowest BCUT2D eigenvalue weighted by Gasteiger charge is -2.09. The number of carboxylic acids is 1. The number of nitrogens with two attached hydrogens (primary N) is 1. The van der Waals surface area contributed by atoms with Crippen molar-refractivity contribution >= 4 is 19.5 Å². The lowest BCUT2D eigenvalue weighted by atomic mass is 10.2. The molecule has 0 unspecified atom stereocenters. The van der Waals surface area contributed by atoms with Gasteiger partial charge in [0, 0.05) is 0 Å². The molecule has 82 valence electrons. The Morgan fingerprint density at radius 3 is 2.47 bits per heavy atom. The van der Waals surface area contributed by atoms with Crippen molar-refractivity contribution in [2.45, 2.75) is 0 Å². The summed E-state index contributed by atoms with van der Waals surface area (Å²) >= 11 is 0. The Balaban J connectivity index is 3.11. The van der Waals surface area contributed by atoms with E-state index in [0.29, 0.717) is 0 Å². The Hall–Kier alpha value is -1.56. The summed E-state index contributed by atoms with van der Waals surface area (Å²) in [4.78, 5) is 27.6. The SMILES string of the molecule is Nc1ccc(C(=O)O)cc1OP(=O)(O)O. The van der Waals surface area contributed by atoms with Gasteiger partial charge in [-0.3, -0.25) is 9.79 Å². The van der Waals surface area contributed by atoms with Crippen LogP contribution in [0.2, 0.25) is 0 Å². The van der Waals surface area contributed by atoms with E-state index < -0.39 is 13.8 Å². The second-order valence-electron chi connectivity index (χ2n) is 2.64.